The van der Waals surface area contributed by atoms with Gasteiger partial charge in [-0.2, -0.15) is 0 Å². The Kier molecular flexibility index (Phi) is 10.3. The quantitative estimate of drug-likeness (QED) is 0.253. The van der Waals surface area contributed by atoms with Gasteiger partial charge in [0.1, 0.15) is 19.0 Å². The van der Waals surface area contributed by atoms with Crippen LogP contribution in [0.15, 0.2) is 72.0 Å². The number of hydrogen-bond donors (Lipinski definition) is 1. The van der Waals surface area contributed by atoms with Gasteiger partial charge in [0.25, 0.3) is 0 Å². The van der Waals surface area contributed by atoms with Crippen molar-refractivity contribution in [3.8, 4) is 5.75 Å². The van der Waals surface area contributed by atoms with Crippen molar-refractivity contribution >= 4 is 29.9 Å². The highest BCUT2D eigenvalue weighted by Crippen LogP contribution is 2.15. The van der Waals surface area contributed by atoms with Crippen LogP contribution >= 0.6 is 24.0 Å². The highest BCUT2D eigenvalue weighted by atomic mass is 127. The third-order valence-electron chi connectivity index (χ3n) is 4.59. The Balaban J connectivity index is 0.00000341. The maximum absolute atomic E-state index is 13.7. The van der Waals surface area contributed by atoms with Crippen LogP contribution in [0.4, 0.5) is 4.39 Å². The first-order valence-electron chi connectivity index (χ1n) is 10.1. The van der Waals surface area contributed by atoms with Crippen molar-refractivity contribution in [2.45, 2.75) is 20.0 Å². The van der Waals surface area contributed by atoms with Crippen molar-refractivity contribution in [1.82, 2.24) is 19.8 Å². The highest BCUT2D eigenvalue weighted by Gasteiger charge is 2.09. The van der Waals surface area contributed by atoms with Crippen LogP contribution in [0.5, 0.6) is 5.75 Å². The van der Waals surface area contributed by atoms with Gasteiger partial charge in [0.2, 0.25) is 0 Å². The summed E-state index contributed by atoms with van der Waals surface area (Å²) in [5.41, 5.74) is 1.22. The molecule has 0 saturated carbocycles. The van der Waals surface area contributed by atoms with E-state index in [-0.39, 0.29) is 35.5 Å². The van der Waals surface area contributed by atoms with Gasteiger partial charge in [-0.05, 0) is 24.6 Å². The molecule has 1 N–H and O–H groups in total. The zero-order valence-corrected chi connectivity index (χ0v) is 20.2. The van der Waals surface area contributed by atoms with Crippen LogP contribution in [0.1, 0.15) is 18.3 Å². The van der Waals surface area contributed by atoms with E-state index in [0.717, 1.165) is 24.9 Å². The van der Waals surface area contributed by atoms with E-state index in [4.69, 9.17) is 9.73 Å². The van der Waals surface area contributed by atoms with E-state index in [1.54, 1.807) is 24.4 Å². The number of para-hydroxylation sites is 1. The van der Waals surface area contributed by atoms with Gasteiger partial charge in [0.15, 0.2) is 17.5 Å². The summed E-state index contributed by atoms with van der Waals surface area (Å²) in [7, 11) is 1.93. The van der Waals surface area contributed by atoms with Gasteiger partial charge in [-0.15, -0.1) is 24.0 Å². The smallest absolute Gasteiger partial charge is 0.194 e. The Labute approximate surface area is 200 Å². The zero-order valence-electron chi connectivity index (χ0n) is 17.9. The molecule has 3 aromatic rings. The van der Waals surface area contributed by atoms with Gasteiger partial charge < -0.3 is 19.5 Å². The molecule has 0 aliphatic carbocycles. The van der Waals surface area contributed by atoms with Gasteiger partial charge in [0.05, 0.1) is 6.54 Å². The fraction of sp³-hybridized carbons (Fsp3) is 0.304. The number of rotatable bonds is 9. The van der Waals surface area contributed by atoms with Crippen LogP contribution in [0.2, 0.25) is 0 Å². The van der Waals surface area contributed by atoms with Crippen molar-refractivity contribution in [2.75, 3.05) is 26.7 Å². The molecule has 1 aromatic heterocycles. The summed E-state index contributed by atoms with van der Waals surface area (Å²) in [5.74, 6) is 1.55. The Morgan fingerprint density at radius 3 is 2.65 bits per heavy atom. The predicted molar refractivity (Wildman–Crippen MR) is 133 cm³/mol. The van der Waals surface area contributed by atoms with Crippen LogP contribution in [0, 0.1) is 5.82 Å². The number of nitrogens with zero attached hydrogens (tertiary/aromatic N) is 4. The number of halogens is 2. The van der Waals surface area contributed by atoms with E-state index in [9.17, 15) is 4.39 Å². The van der Waals surface area contributed by atoms with Gasteiger partial charge in [0, 0.05) is 32.5 Å². The average molecular weight is 537 g/mol. The Morgan fingerprint density at radius 2 is 1.90 bits per heavy atom. The van der Waals surface area contributed by atoms with E-state index >= 15 is 0 Å². The Morgan fingerprint density at radius 1 is 1.16 bits per heavy atom. The number of benzene rings is 2. The summed E-state index contributed by atoms with van der Waals surface area (Å²) in [6.45, 7) is 4.91. The van der Waals surface area contributed by atoms with Crippen molar-refractivity contribution in [3.05, 3.63) is 84.2 Å². The summed E-state index contributed by atoms with van der Waals surface area (Å²) in [6.07, 6.45) is 3.77. The molecule has 6 nitrogen and oxygen atoms in total. The van der Waals surface area contributed by atoms with E-state index in [0.29, 0.717) is 19.7 Å². The fourth-order valence-electron chi connectivity index (χ4n) is 2.99. The monoisotopic (exact) mass is 537 g/mol. The second kappa shape index (κ2) is 12.9. The molecule has 3 rings (SSSR count). The Bertz CT molecular complexity index is 948. The van der Waals surface area contributed by atoms with Crippen LogP contribution in [0.3, 0.4) is 0 Å². The van der Waals surface area contributed by atoms with Crippen LogP contribution in [-0.4, -0.2) is 47.2 Å². The molecule has 0 unspecified atom stereocenters. The maximum Gasteiger partial charge on any atom is 0.194 e. The molecular formula is C23H29FIN5O. The minimum Gasteiger partial charge on any atom is -0.489 e. The molecule has 0 spiro atoms. The van der Waals surface area contributed by atoms with Gasteiger partial charge >= 0.3 is 0 Å². The van der Waals surface area contributed by atoms with Crippen LogP contribution < -0.4 is 10.1 Å². The topological polar surface area (TPSA) is 54.7 Å². The number of aromatic nitrogens is 2. The third-order valence-corrected chi connectivity index (χ3v) is 4.59. The van der Waals surface area contributed by atoms with E-state index in [2.05, 4.69) is 27.0 Å². The molecule has 0 aliphatic heterocycles. The lowest BCUT2D eigenvalue weighted by molar-refractivity contribution is 0.270. The zero-order chi connectivity index (χ0) is 21.2. The third kappa shape index (κ3) is 7.54. The number of nitrogens with one attached hydrogen (secondary N) is 1. The number of guanidine groups is 1. The summed E-state index contributed by atoms with van der Waals surface area (Å²) in [6, 6.07) is 16.7. The molecule has 0 radical (unpaired) electrons. The first-order chi connectivity index (χ1) is 14.7. The molecule has 0 atom stereocenters. The summed E-state index contributed by atoms with van der Waals surface area (Å²) in [5, 5.41) is 3.28. The predicted octanol–water partition coefficient (Wildman–Crippen LogP) is 4.16. The van der Waals surface area contributed by atoms with Crippen molar-refractivity contribution in [3.63, 3.8) is 0 Å². The van der Waals surface area contributed by atoms with Gasteiger partial charge in [-0.3, -0.25) is 0 Å². The highest BCUT2D eigenvalue weighted by molar-refractivity contribution is 14.0. The molecule has 0 amide bonds. The second-order valence-corrected chi connectivity index (χ2v) is 6.83. The fourth-order valence-corrected chi connectivity index (χ4v) is 2.99. The molecule has 0 fully saturated rings. The summed E-state index contributed by atoms with van der Waals surface area (Å²) < 4.78 is 21.3. The number of ether oxygens (including phenoxy) is 1. The Hall–Kier alpha value is -2.62. The number of aliphatic imine (C=N–C) groups is 1. The molecule has 0 bridgehead atoms. The number of likely N-dealkylation sites (N-methyl/N-ethyl adjacent to an activating group) is 1. The number of hydrogen-bond acceptors (Lipinski definition) is 3. The van der Waals surface area contributed by atoms with Crippen molar-refractivity contribution in [1.29, 1.82) is 0 Å². The molecular weight excluding hydrogens is 508 g/mol. The molecule has 31 heavy (non-hydrogen) atoms. The maximum atomic E-state index is 13.7. The molecule has 0 saturated heterocycles. The van der Waals surface area contributed by atoms with Crippen LogP contribution in [-0.2, 0) is 13.1 Å². The van der Waals surface area contributed by atoms with Gasteiger partial charge in [-0.25, -0.2) is 14.4 Å². The minimum absolute atomic E-state index is 0. The first-order valence-corrected chi connectivity index (χ1v) is 10.1. The average Bonchev–Trinajstić information content (AvgIpc) is 3.20. The largest absolute Gasteiger partial charge is 0.489 e. The first kappa shape index (κ1) is 24.6. The molecule has 8 heteroatoms. The van der Waals surface area contributed by atoms with Crippen LogP contribution in [0.25, 0.3) is 0 Å². The van der Waals surface area contributed by atoms with E-state index < -0.39 is 0 Å². The lowest BCUT2D eigenvalue weighted by Crippen LogP contribution is -2.41. The molecule has 1 heterocycles. The molecule has 166 valence electrons. The SMILES string of the molecule is CCNC(=NCc1nccn1Cc1ccccc1)N(C)CCOc1ccccc1F.I. The number of imidazole rings is 1. The van der Waals surface area contributed by atoms with Crippen molar-refractivity contribution in [2.24, 2.45) is 4.99 Å². The lowest BCUT2D eigenvalue weighted by atomic mass is 10.2. The summed E-state index contributed by atoms with van der Waals surface area (Å²) in [4.78, 5) is 11.1. The van der Waals surface area contributed by atoms with E-state index in [1.807, 2.05) is 43.3 Å². The minimum atomic E-state index is -0.356. The molecule has 2 aromatic carbocycles. The molecule has 0 aliphatic rings. The second-order valence-electron chi connectivity index (χ2n) is 6.83. The van der Waals surface area contributed by atoms with Crippen molar-refractivity contribution < 1.29 is 9.13 Å². The van der Waals surface area contributed by atoms with E-state index in [1.165, 1.54) is 11.6 Å². The summed E-state index contributed by atoms with van der Waals surface area (Å²) >= 11 is 0. The standard InChI is InChI=1S/C23H28FN5O.HI/c1-3-25-23(28(2)15-16-30-21-12-8-7-11-20(21)24)27-17-22-26-13-14-29(22)18-19-9-5-4-6-10-19;/h4-14H,3,15-18H2,1-2H3,(H,25,27);1H. The lowest BCUT2D eigenvalue weighted by Gasteiger charge is -2.22. The van der Waals surface area contributed by atoms with Gasteiger partial charge in [-0.1, -0.05) is 42.5 Å². The normalized spacial score (nSPS) is 11.0.